The minimum atomic E-state index is -4.65. The molecule has 0 radical (unpaired) electrons. The fraction of sp³-hybridized carbons (Fsp3) is 0.652. The van der Waals surface area contributed by atoms with Gasteiger partial charge in [0, 0.05) is 0 Å². The van der Waals surface area contributed by atoms with Gasteiger partial charge in [0.1, 0.15) is 5.75 Å². The maximum absolute atomic E-state index is 12.5. The van der Waals surface area contributed by atoms with Crippen LogP contribution < -0.4 is 4.74 Å². The molecule has 2 aliphatic rings. The van der Waals surface area contributed by atoms with Crippen molar-refractivity contribution in [1.29, 1.82) is 0 Å². The Morgan fingerprint density at radius 2 is 1.61 bits per heavy atom. The number of halogens is 4. The Balaban J connectivity index is 1.73. The minimum absolute atomic E-state index is 0.0721. The highest BCUT2D eigenvalue weighted by molar-refractivity contribution is 5.34. The lowest BCUT2D eigenvalue weighted by Gasteiger charge is -2.47. The van der Waals surface area contributed by atoms with Crippen LogP contribution in [0.2, 0.25) is 0 Å². The van der Waals surface area contributed by atoms with E-state index in [1.165, 1.54) is 31.4 Å². The zero-order chi connectivity index (χ0) is 20.0. The van der Waals surface area contributed by atoms with Gasteiger partial charge in [0.2, 0.25) is 0 Å². The molecule has 28 heavy (non-hydrogen) atoms. The summed E-state index contributed by atoms with van der Waals surface area (Å²) < 4.78 is 53.7. The number of ether oxygens (including phenoxy) is 1. The zero-order valence-electron chi connectivity index (χ0n) is 16.3. The number of benzene rings is 1. The van der Waals surface area contributed by atoms with Crippen molar-refractivity contribution in [2.24, 2.45) is 11.8 Å². The number of hydrogen-bond acceptors (Lipinski definition) is 1. The van der Waals surface area contributed by atoms with Gasteiger partial charge in [-0.3, -0.25) is 4.39 Å². The quantitative estimate of drug-likeness (QED) is 0.356. The third kappa shape index (κ3) is 5.30. The van der Waals surface area contributed by atoms with Gasteiger partial charge in [-0.05, 0) is 79.9 Å². The van der Waals surface area contributed by atoms with E-state index in [-0.39, 0.29) is 17.8 Å². The zero-order valence-corrected chi connectivity index (χ0v) is 16.3. The summed E-state index contributed by atoms with van der Waals surface area (Å²) in [5.74, 6) is 0.947. The fourth-order valence-corrected chi connectivity index (χ4v) is 5.32. The van der Waals surface area contributed by atoms with Gasteiger partial charge in [0.15, 0.2) is 0 Å². The van der Waals surface area contributed by atoms with Crippen LogP contribution in [0, 0.1) is 11.8 Å². The monoisotopic (exact) mass is 398 g/mol. The Morgan fingerprint density at radius 3 is 2.18 bits per heavy atom. The molecule has 1 aromatic carbocycles. The summed E-state index contributed by atoms with van der Waals surface area (Å²) >= 11 is 0. The van der Waals surface area contributed by atoms with Gasteiger partial charge in [-0.2, -0.15) is 0 Å². The second-order valence-electron chi connectivity index (χ2n) is 8.31. The third-order valence-electron chi connectivity index (χ3n) is 6.65. The summed E-state index contributed by atoms with van der Waals surface area (Å²) in [7, 11) is 0. The van der Waals surface area contributed by atoms with Crippen LogP contribution in [0.4, 0.5) is 17.6 Å². The summed E-state index contributed by atoms with van der Waals surface area (Å²) in [5, 5.41) is 0. The molecule has 0 heterocycles. The molecule has 156 valence electrons. The normalized spacial score (nSPS) is 25.7. The van der Waals surface area contributed by atoms with E-state index in [2.05, 4.69) is 10.8 Å². The molecule has 5 heteroatoms. The van der Waals surface area contributed by atoms with E-state index < -0.39 is 6.36 Å². The predicted octanol–water partition coefficient (Wildman–Crippen LogP) is 7.51. The van der Waals surface area contributed by atoms with Crippen molar-refractivity contribution in [3.8, 4) is 5.75 Å². The number of alkyl halides is 4. The standard InChI is InChI=1S/C23H30F4O/c24-17-5-2-6-18-7-9-19(10-8-18)22(15-3-1-4-16-22)20-11-13-21(14-12-20)28-23(25,26)27/h2,6,11-14,18-19H,1,3-5,7-10,15-17H2/b6-2+/t18-,19-. The molecule has 0 N–H and O–H groups in total. The highest BCUT2D eigenvalue weighted by Crippen LogP contribution is 2.51. The first kappa shape index (κ1) is 21.2. The molecular weight excluding hydrogens is 368 g/mol. The first-order valence-corrected chi connectivity index (χ1v) is 10.5. The van der Waals surface area contributed by atoms with Crippen molar-refractivity contribution in [3.05, 3.63) is 42.0 Å². The second-order valence-corrected chi connectivity index (χ2v) is 8.31. The third-order valence-corrected chi connectivity index (χ3v) is 6.65. The van der Waals surface area contributed by atoms with Gasteiger partial charge in [-0.15, -0.1) is 13.2 Å². The lowest BCUT2D eigenvalue weighted by Crippen LogP contribution is -2.39. The van der Waals surface area contributed by atoms with Crippen LogP contribution in [0.5, 0.6) is 5.75 Å². The highest BCUT2D eigenvalue weighted by atomic mass is 19.4. The molecule has 0 saturated heterocycles. The summed E-state index contributed by atoms with van der Waals surface area (Å²) in [6, 6.07) is 6.62. The molecule has 0 unspecified atom stereocenters. The maximum Gasteiger partial charge on any atom is 0.573 e. The maximum atomic E-state index is 12.5. The first-order chi connectivity index (χ1) is 13.4. The van der Waals surface area contributed by atoms with Crippen molar-refractivity contribution in [2.45, 2.75) is 76.0 Å². The molecular formula is C23H30F4O. The minimum Gasteiger partial charge on any atom is -0.406 e. The van der Waals surface area contributed by atoms with E-state index in [1.807, 2.05) is 18.2 Å². The Bertz CT molecular complexity index is 621. The van der Waals surface area contributed by atoms with Crippen LogP contribution in [0.25, 0.3) is 0 Å². The van der Waals surface area contributed by atoms with E-state index in [1.54, 1.807) is 0 Å². The summed E-state index contributed by atoms with van der Waals surface area (Å²) in [4.78, 5) is 0. The van der Waals surface area contributed by atoms with Gasteiger partial charge in [0.05, 0.1) is 6.67 Å². The molecule has 0 spiro atoms. The predicted molar refractivity (Wildman–Crippen MR) is 103 cm³/mol. The second kappa shape index (κ2) is 9.32. The molecule has 0 bridgehead atoms. The molecule has 1 aromatic rings. The van der Waals surface area contributed by atoms with E-state index in [4.69, 9.17) is 0 Å². The largest absolute Gasteiger partial charge is 0.573 e. The Morgan fingerprint density at radius 1 is 0.964 bits per heavy atom. The Kier molecular flexibility index (Phi) is 7.05. The van der Waals surface area contributed by atoms with E-state index in [0.29, 0.717) is 18.3 Å². The molecule has 0 atom stereocenters. The van der Waals surface area contributed by atoms with E-state index in [0.717, 1.165) is 44.1 Å². The molecule has 2 fully saturated rings. The first-order valence-electron chi connectivity index (χ1n) is 10.5. The van der Waals surface area contributed by atoms with Crippen LogP contribution in [0.15, 0.2) is 36.4 Å². The lowest BCUT2D eigenvalue weighted by molar-refractivity contribution is -0.274. The average molecular weight is 398 g/mol. The van der Waals surface area contributed by atoms with Crippen molar-refractivity contribution in [3.63, 3.8) is 0 Å². The SMILES string of the molecule is FCC/C=C/[C@H]1CC[C@H](C2(c3ccc(OC(F)(F)F)cc3)CCCCC2)CC1. The Labute approximate surface area is 165 Å². The van der Waals surface area contributed by atoms with E-state index >= 15 is 0 Å². The van der Waals surface area contributed by atoms with Crippen molar-refractivity contribution in [1.82, 2.24) is 0 Å². The topological polar surface area (TPSA) is 9.23 Å². The molecule has 0 aromatic heterocycles. The molecule has 3 rings (SSSR count). The van der Waals surface area contributed by atoms with Gasteiger partial charge >= 0.3 is 6.36 Å². The van der Waals surface area contributed by atoms with Crippen LogP contribution in [-0.4, -0.2) is 13.0 Å². The van der Waals surface area contributed by atoms with Crippen LogP contribution in [0.1, 0.15) is 69.8 Å². The smallest absolute Gasteiger partial charge is 0.406 e. The van der Waals surface area contributed by atoms with Crippen molar-refractivity contribution >= 4 is 0 Å². The van der Waals surface area contributed by atoms with Crippen molar-refractivity contribution < 1.29 is 22.3 Å². The van der Waals surface area contributed by atoms with Gasteiger partial charge in [-0.1, -0.05) is 43.5 Å². The number of hydrogen-bond donors (Lipinski definition) is 0. The molecule has 2 aliphatic carbocycles. The molecule has 2 saturated carbocycles. The van der Waals surface area contributed by atoms with E-state index in [9.17, 15) is 17.6 Å². The number of rotatable bonds is 6. The number of allylic oxidation sites excluding steroid dienone is 2. The molecule has 1 nitrogen and oxygen atoms in total. The van der Waals surface area contributed by atoms with Gasteiger partial charge in [-0.25, -0.2) is 0 Å². The van der Waals surface area contributed by atoms with Crippen LogP contribution >= 0.6 is 0 Å². The fourth-order valence-electron chi connectivity index (χ4n) is 5.32. The summed E-state index contributed by atoms with van der Waals surface area (Å²) in [6.07, 6.45) is 10.3. The highest BCUT2D eigenvalue weighted by Gasteiger charge is 2.42. The lowest BCUT2D eigenvalue weighted by atomic mass is 9.58. The van der Waals surface area contributed by atoms with Gasteiger partial charge < -0.3 is 4.74 Å². The average Bonchev–Trinajstić information content (AvgIpc) is 2.69. The molecule has 0 amide bonds. The Hall–Kier alpha value is -1.52. The summed E-state index contributed by atoms with van der Waals surface area (Å²) in [5.41, 5.74) is 1.24. The van der Waals surface area contributed by atoms with Gasteiger partial charge in [0.25, 0.3) is 0 Å². The van der Waals surface area contributed by atoms with Crippen molar-refractivity contribution in [2.75, 3.05) is 6.67 Å². The van der Waals surface area contributed by atoms with Crippen LogP contribution in [0.3, 0.4) is 0 Å². The molecule has 0 aliphatic heterocycles. The van der Waals surface area contributed by atoms with Crippen LogP contribution in [-0.2, 0) is 5.41 Å². The summed E-state index contributed by atoms with van der Waals surface area (Å²) in [6.45, 7) is -0.303.